The number of hydrogen-bond acceptors (Lipinski definition) is 3. The third kappa shape index (κ3) is 3.78. The Morgan fingerprint density at radius 1 is 1.42 bits per heavy atom. The lowest BCUT2D eigenvalue weighted by atomic mass is 10.00. The fourth-order valence-electron chi connectivity index (χ4n) is 2.46. The first-order chi connectivity index (χ1) is 9.19. The van der Waals surface area contributed by atoms with Gasteiger partial charge in [0.2, 0.25) is 0 Å². The molecule has 1 saturated heterocycles. The number of halogens is 1. The minimum atomic E-state index is -0.150. The van der Waals surface area contributed by atoms with Crippen LogP contribution in [0.15, 0.2) is 28.7 Å². The van der Waals surface area contributed by atoms with Crippen molar-refractivity contribution in [1.29, 1.82) is 0 Å². The van der Waals surface area contributed by atoms with Crippen LogP contribution < -0.4 is 5.32 Å². The van der Waals surface area contributed by atoms with Gasteiger partial charge in [-0.3, -0.25) is 0 Å². The molecule has 3 nitrogen and oxygen atoms in total. The zero-order chi connectivity index (χ0) is 13.7. The molecule has 1 fully saturated rings. The number of benzene rings is 1. The molecule has 1 aromatic rings. The summed E-state index contributed by atoms with van der Waals surface area (Å²) in [5.41, 5.74) is 1.17. The summed E-state index contributed by atoms with van der Waals surface area (Å²) in [6.45, 7) is 4.51. The second-order valence-electron chi connectivity index (χ2n) is 5.08. The van der Waals surface area contributed by atoms with Crippen molar-refractivity contribution in [3.63, 3.8) is 0 Å². The monoisotopic (exact) mass is 327 g/mol. The van der Waals surface area contributed by atoms with Crippen LogP contribution in [0.3, 0.4) is 0 Å². The minimum Gasteiger partial charge on any atom is -0.378 e. The van der Waals surface area contributed by atoms with Gasteiger partial charge in [-0.2, -0.15) is 0 Å². The van der Waals surface area contributed by atoms with E-state index in [4.69, 9.17) is 9.47 Å². The zero-order valence-corrected chi connectivity index (χ0v) is 13.2. The highest BCUT2D eigenvalue weighted by atomic mass is 79.9. The zero-order valence-electron chi connectivity index (χ0n) is 11.6. The molecule has 0 radical (unpaired) electrons. The van der Waals surface area contributed by atoms with Crippen LogP contribution in [0.5, 0.6) is 0 Å². The van der Waals surface area contributed by atoms with Crippen LogP contribution in [-0.4, -0.2) is 32.5 Å². The topological polar surface area (TPSA) is 30.5 Å². The summed E-state index contributed by atoms with van der Waals surface area (Å²) in [7, 11) is 1.77. The molecule has 1 heterocycles. The van der Waals surface area contributed by atoms with E-state index in [-0.39, 0.29) is 5.60 Å². The Balaban J connectivity index is 1.97. The Morgan fingerprint density at radius 3 is 2.68 bits per heavy atom. The first kappa shape index (κ1) is 15.0. The summed E-state index contributed by atoms with van der Waals surface area (Å²) in [6, 6.07) is 8.86. The fourth-order valence-corrected chi connectivity index (χ4v) is 2.73. The SMILES string of the molecule is CCC(NCC1(OC)CCOC1)c1ccc(Br)cc1. The predicted octanol–water partition coefficient (Wildman–Crippen LogP) is 3.30. The summed E-state index contributed by atoms with van der Waals surface area (Å²) in [5.74, 6) is 0. The maximum absolute atomic E-state index is 5.65. The van der Waals surface area contributed by atoms with E-state index >= 15 is 0 Å². The van der Waals surface area contributed by atoms with Gasteiger partial charge in [0.1, 0.15) is 5.60 Å². The summed E-state index contributed by atoms with van der Waals surface area (Å²) < 4.78 is 12.2. The molecule has 4 heteroatoms. The van der Waals surface area contributed by atoms with Gasteiger partial charge in [-0.05, 0) is 24.1 Å². The first-order valence-electron chi connectivity index (χ1n) is 6.81. The van der Waals surface area contributed by atoms with E-state index in [2.05, 4.69) is 52.4 Å². The lowest BCUT2D eigenvalue weighted by Crippen LogP contribution is -2.44. The van der Waals surface area contributed by atoms with E-state index in [0.29, 0.717) is 12.6 Å². The second-order valence-corrected chi connectivity index (χ2v) is 6.00. The standard InChI is InChI=1S/C15H22BrNO2/c1-3-14(12-4-6-13(16)7-5-12)17-10-15(18-2)8-9-19-11-15/h4-7,14,17H,3,8-11H2,1-2H3. The highest BCUT2D eigenvalue weighted by Crippen LogP contribution is 2.24. The maximum atomic E-state index is 5.65. The van der Waals surface area contributed by atoms with Gasteiger partial charge in [-0.25, -0.2) is 0 Å². The van der Waals surface area contributed by atoms with Crippen LogP contribution in [0.2, 0.25) is 0 Å². The van der Waals surface area contributed by atoms with Crippen molar-refractivity contribution in [1.82, 2.24) is 5.32 Å². The van der Waals surface area contributed by atoms with E-state index in [0.717, 1.165) is 30.5 Å². The molecule has 2 rings (SSSR count). The molecule has 1 aromatic carbocycles. The van der Waals surface area contributed by atoms with E-state index in [1.54, 1.807) is 7.11 Å². The quantitative estimate of drug-likeness (QED) is 0.869. The summed E-state index contributed by atoms with van der Waals surface area (Å²) >= 11 is 3.47. The fraction of sp³-hybridized carbons (Fsp3) is 0.600. The molecule has 0 bridgehead atoms. The van der Waals surface area contributed by atoms with E-state index < -0.39 is 0 Å². The van der Waals surface area contributed by atoms with Crippen LogP contribution in [0.1, 0.15) is 31.4 Å². The summed E-state index contributed by atoms with van der Waals surface area (Å²) in [6.07, 6.45) is 2.02. The lowest BCUT2D eigenvalue weighted by molar-refractivity contribution is -0.0176. The Bertz CT molecular complexity index is 388. The van der Waals surface area contributed by atoms with E-state index in [9.17, 15) is 0 Å². The molecule has 2 atom stereocenters. The van der Waals surface area contributed by atoms with Gasteiger partial charge in [0.05, 0.1) is 6.61 Å². The molecular formula is C15H22BrNO2. The van der Waals surface area contributed by atoms with Gasteiger partial charge in [-0.15, -0.1) is 0 Å². The molecular weight excluding hydrogens is 306 g/mol. The van der Waals surface area contributed by atoms with Gasteiger partial charge in [0.15, 0.2) is 0 Å². The van der Waals surface area contributed by atoms with Crippen molar-refractivity contribution in [2.24, 2.45) is 0 Å². The van der Waals surface area contributed by atoms with Gasteiger partial charge in [-0.1, -0.05) is 35.0 Å². The number of nitrogens with one attached hydrogen (secondary N) is 1. The number of methoxy groups -OCH3 is 1. The largest absolute Gasteiger partial charge is 0.378 e. The van der Waals surface area contributed by atoms with Gasteiger partial charge in [0, 0.05) is 37.2 Å². The van der Waals surface area contributed by atoms with Crippen LogP contribution in [0.4, 0.5) is 0 Å². The molecule has 0 aliphatic carbocycles. The van der Waals surface area contributed by atoms with Gasteiger partial charge in [0.25, 0.3) is 0 Å². The minimum absolute atomic E-state index is 0.150. The third-order valence-corrected chi connectivity index (χ3v) is 4.38. The Kier molecular flexibility index (Phi) is 5.39. The molecule has 19 heavy (non-hydrogen) atoms. The number of ether oxygens (including phenoxy) is 2. The van der Waals surface area contributed by atoms with Crippen LogP contribution in [0.25, 0.3) is 0 Å². The molecule has 0 saturated carbocycles. The van der Waals surface area contributed by atoms with E-state index in [1.807, 2.05) is 0 Å². The molecule has 2 unspecified atom stereocenters. The van der Waals surface area contributed by atoms with Crippen molar-refractivity contribution >= 4 is 15.9 Å². The lowest BCUT2D eigenvalue weighted by Gasteiger charge is -2.29. The average molecular weight is 328 g/mol. The van der Waals surface area contributed by atoms with Crippen molar-refractivity contribution in [2.45, 2.75) is 31.4 Å². The van der Waals surface area contributed by atoms with Crippen molar-refractivity contribution in [2.75, 3.05) is 26.9 Å². The second kappa shape index (κ2) is 6.84. The van der Waals surface area contributed by atoms with Gasteiger partial charge >= 0.3 is 0 Å². The smallest absolute Gasteiger partial charge is 0.106 e. The van der Waals surface area contributed by atoms with Crippen LogP contribution >= 0.6 is 15.9 Å². The number of rotatable bonds is 6. The van der Waals surface area contributed by atoms with E-state index in [1.165, 1.54) is 5.56 Å². The van der Waals surface area contributed by atoms with Gasteiger partial charge < -0.3 is 14.8 Å². The average Bonchev–Trinajstić information content (AvgIpc) is 2.91. The van der Waals surface area contributed by atoms with Crippen LogP contribution in [-0.2, 0) is 9.47 Å². The molecule has 0 amide bonds. The molecule has 106 valence electrons. The highest BCUT2D eigenvalue weighted by molar-refractivity contribution is 9.10. The normalized spacial score (nSPS) is 24.6. The summed E-state index contributed by atoms with van der Waals surface area (Å²) in [4.78, 5) is 0. The molecule has 1 N–H and O–H groups in total. The highest BCUT2D eigenvalue weighted by Gasteiger charge is 2.35. The first-order valence-corrected chi connectivity index (χ1v) is 7.60. The molecule has 0 aromatic heterocycles. The molecule has 1 aliphatic rings. The predicted molar refractivity (Wildman–Crippen MR) is 80.4 cm³/mol. The van der Waals surface area contributed by atoms with Crippen molar-refractivity contribution in [3.8, 4) is 0 Å². The molecule has 0 spiro atoms. The molecule has 1 aliphatic heterocycles. The van der Waals surface area contributed by atoms with Crippen molar-refractivity contribution < 1.29 is 9.47 Å². The Hall–Kier alpha value is -0.420. The number of hydrogen-bond donors (Lipinski definition) is 1. The van der Waals surface area contributed by atoms with Crippen molar-refractivity contribution in [3.05, 3.63) is 34.3 Å². The Morgan fingerprint density at radius 2 is 2.16 bits per heavy atom. The van der Waals surface area contributed by atoms with Crippen LogP contribution in [0, 0.1) is 0 Å². The maximum Gasteiger partial charge on any atom is 0.106 e. The Labute approximate surface area is 123 Å². The third-order valence-electron chi connectivity index (χ3n) is 3.85. The summed E-state index contributed by atoms with van der Waals surface area (Å²) in [5, 5.41) is 3.62.